The van der Waals surface area contributed by atoms with Crippen LogP contribution in [0.15, 0.2) is 0 Å². The molecule has 1 saturated heterocycles. The molecule has 1 unspecified atom stereocenters. The Bertz CT molecular complexity index is 204. The van der Waals surface area contributed by atoms with Gasteiger partial charge >= 0.3 is 12.1 Å². The SMILES string of the molecule is O=C(O)CC1CCCN1C(=O)O. The Morgan fingerprint density at radius 3 is 2.58 bits per heavy atom. The third-order valence-corrected chi connectivity index (χ3v) is 2.03. The van der Waals surface area contributed by atoms with Crippen LogP contribution in [0.2, 0.25) is 0 Å². The number of amides is 1. The first-order chi connectivity index (χ1) is 5.61. The zero-order valence-electron chi connectivity index (χ0n) is 6.56. The molecule has 1 fully saturated rings. The Morgan fingerprint density at radius 2 is 2.08 bits per heavy atom. The standard InChI is InChI=1S/C7H11NO4/c9-6(10)4-5-2-1-3-8(5)7(11)12/h5H,1-4H2,(H,9,10)(H,11,12). The number of nitrogens with zero attached hydrogens (tertiary/aromatic N) is 1. The molecule has 0 aliphatic carbocycles. The molecule has 68 valence electrons. The molecule has 0 aromatic carbocycles. The fourth-order valence-corrected chi connectivity index (χ4v) is 1.50. The van der Waals surface area contributed by atoms with E-state index in [1.807, 2.05) is 0 Å². The summed E-state index contributed by atoms with van der Waals surface area (Å²) < 4.78 is 0. The van der Waals surface area contributed by atoms with Crippen LogP contribution < -0.4 is 0 Å². The molecule has 0 aromatic rings. The predicted molar refractivity (Wildman–Crippen MR) is 40.0 cm³/mol. The Labute approximate surface area is 69.6 Å². The van der Waals surface area contributed by atoms with Gasteiger partial charge in [0.15, 0.2) is 0 Å². The Morgan fingerprint density at radius 1 is 1.42 bits per heavy atom. The molecule has 5 nitrogen and oxygen atoms in total. The van der Waals surface area contributed by atoms with E-state index in [1.54, 1.807) is 0 Å². The minimum atomic E-state index is -1.02. The van der Waals surface area contributed by atoms with Crippen molar-refractivity contribution in [3.63, 3.8) is 0 Å². The number of hydrogen-bond acceptors (Lipinski definition) is 2. The first-order valence-corrected chi connectivity index (χ1v) is 3.82. The van der Waals surface area contributed by atoms with E-state index in [4.69, 9.17) is 10.2 Å². The molecule has 0 saturated carbocycles. The van der Waals surface area contributed by atoms with Crippen LogP contribution in [0.4, 0.5) is 4.79 Å². The van der Waals surface area contributed by atoms with Gasteiger partial charge in [-0.1, -0.05) is 0 Å². The van der Waals surface area contributed by atoms with Gasteiger partial charge in [-0.3, -0.25) is 4.79 Å². The summed E-state index contributed by atoms with van der Waals surface area (Å²) in [6.45, 7) is 0.466. The van der Waals surface area contributed by atoms with E-state index in [0.717, 1.165) is 6.42 Å². The van der Waals surface area contributed by atoms with E-state index in [1.165, 1.54) is 4.90 Å². The van der Waals surface area contributed by atoms with Crippen molar-refractivity contribution in [3.05, 3.63) is 0 Å². The lowest BCUT2D eigenvalue weighted by Gasteiger charge is -2.19. The highest BCUT2D eigenvalue weighted by molar-refractivity contribution is 5.70. The van der Waals surface area contributed by atoms with Crippen molar-refractivity contribution >= 4 is 12.1 Å². The van der Waals surface area contributed by atoms with Crippen molar-refractivity contribution in [2.75, 3.05) is 6.54 Å². The first kappa shape index (κ1) is 8.83. The van der Waals surface area contributed by atoms with Crippen LogP contribution in [0, 0.1) is 0 Å². The summed E-state index contributed by atoms with van der Waals surface area (Å²) in [6, 6.07) is -0.319. The Kier molecular flexibility index (Phi) is 2.52. The molecule has 0 radical (unpaired) electrons. The monoisotopic (exact) mass is 173 g/mol. The van der Waals surface area contributed by atoms with Gasteiger partial charge in [0.25, 0.3) is 0 Å². The second kappa shape index (κ2) is 3.42. The minimum absolute atomic E-state index is 0.0771. The molecule has 0 aromatic heterocycles. The second-order valence-electron chi connectivity index (χ2n) is 2.87. The van der Waals surface area contributed by atoms with E-state index in [9.17, 15) is 9.59 Å². The Hall–Kier alpha value is -1.26. The van der Waals surface area contributed by atoms with Crippen LogP contribution in [0.1, 0.15) is 19.3 Å². The highest BCUT2D eigenvalue weighted by Gasteiger charge is 2.29. The average molecular weight is 173 g/mol. The zero-order chi connectivity index (χ0) is 9.14. The highest BCUT2D eigenvalue weighted by Crippen LogP contribution is 2.19. The molecular weight excluding hydrogens is 162 g/mol. The second-order valence-corrected chi connectivity index (χ2v) is 2.87. The van der Waals surface area contributed by atoms with Gasteiger partial charge < -0.3 is 15.1 Å². The van der Waals surface area contributed by atoms with Crippen molar-refractivity contribution in [1.82, 2.24) is 4.90 Å². The van der Waals surface area contributed by atoms with Crippen molar-refractivity contribution in [1.29, 1.82) is 0 Å². The fourth-order valence-electron chi connectivity index (χ4n) is 1.50. The van der Waals surface area contributed by atoms with E-state index >= 15 is 0 Å². The van der Waals surface area contributed by atoms with Gasteiger partial charge in [-0.2, -0.15) is 0 Å². The number of carboxylic acids is 1. The van der Waals surface area contributed by atoms with Gasteiger partial charge in [0, 0.05) is 12.6 Å². The molecule has 1 aliphatic heterocycles. The third-order valence-electron chi connectivity index (χ3n) is 2.03. The number of rotatable bonds is 2. The van der Waals surface area contributed by atoms with Gasteiger partial charge in [-0.25, -0.2) is 4.79 Å². The van der Waals surface area contributed by atoms with Gasteiger partial charge in [0.2, 0.25) is 0 Å². The fraction of sp³-hybridized carbons (Fsp3) is 0.714. The summed E-state index contributed by atoms with van der Waals surface area (Å²) in [7, 11) is 0. The summed E-state index contributed by atoms with van der Waals surface area (Å²) in [6.07, 6.45) is 0.341. The van der Waals surface area contributed by atoms with E-state index in [0.29, 0.717) is 13.0 Å². The van der Waals surface area contributed by atoms with E-state index < -0.39 is 12.1 Å². The van der Waals surface area contributed by atoms with Crippen LogP contribution >= 0.6 is 0 Å². The van der Waals surface area contributed by atoms with Crippen molar-refractivity contribution in [2.45, 2.75) is 25.3 Å². The minimum Gasteiger partial charge on any atom is -0.481 e. The lowest BCUT2D eigenvalue weighted by Crippen LogP contribution is -2.35. The quantitative estimate of drug-likeness (QED) is 0.641. The third kappa shape index (κ3) is 1.87. The number of likely N-dealkylation sites (tertiary alicyclic amines) is 1. The van der Waals surface area contributed by atoms with Crippen molar-refractivity contribution in [3.8, 4) is 0 Å². The first-order valence-electron chi connectivity index (χ1n) is 3.82. The van der Waals surface area contributed by atoms with Crippen molar-refractivity contribution in [2.24, 2.45) is 0 Å². The largest absolute Gasteiger partial charge is 0.481 e. The highest BCUT2D eigenvalue weighted by atomic mass is 16.4. The summed E-state index contributed by atoms with van der Waals surface area (Å²) in [5.74, 6) is -0.937. The van der Waals surface area contributed by atoms with Gasteiger partial charge in [-0.05, 0) is 12.8 Å². The summed E-state index contributed by atoms with van der Waals surface area (Å²) in [4.78, 5) is 22.0. The molecule has 12 heavy (non-hydrogen) atoms. The molecule has 0 bridgehead atoms. The normalized spacial score (nSPS) is 22.7. The topological polar surface area (TPSA) is 77.8 Å². The Balaban J connectivity index is 2.52. The van der Waals surface area contributed by atoms with Crippen LogP contribution in [0.5, 0.6) is 0 Å². The maximum atomic E-state index is 10.5. The average Bonchev–Trinajstić information content (AvgIpc) is 2.33. The van der Waals surface area contributed by atoms with Gasteiger partial charge in [0.1, 0.15) is 0 Å². The number of carboxylic acid groups (broad SMARTS) is 2. The van der Waals surface area contributed by atoms with E-state index in [2.05, 4.69) is 0 Å². The molecule has 1 rings (SSSR count). The van der Waals surface area contributed by atoms with Crippen LogP contribution in [-0.2, 0) is 4.79 Å². The predicted octanol–water partition coefficient (Wildman–Crippen LogP) is 0.604. The number of hydrogen-bond donors (Lipinski definition) is 2. The van der Waals surface area contributed by atoms with Crippen LogP contribution in [0.3, 0.4) is 0 Å². The van der Waals surface area contributed by atoms with Crippen LogP contribution in [0.25, 0.3) is 0 Å². The summed E-state index contributed by atoms with van der Waals surface area (Å²) >= 11 is 0. The summed E-state index contributed by atoms with van der Waals surface area (Å²) in [5, 5.41) is 17.1. The smallest absolute Gasteiger partial charge is 0.407 e. The maximum Gasteiger partial charge on any atom is 0.407 e. The summed E-state index contributed by atoms with van der Waals surface area (Å²) in [5.41, 5.74) is 0. The molecule has 2 N–H and O–H groups in total. The molecular formula is C7H11NO4. The number of carbonyl (C=O) groups is 2. The molecule has 0 spiro atoms. The number of aliphatic carboxylic acids is 1. The maximum absolute atomic E-state index is 10.5. The van der Waals surface area contributed by atoms with Crippen LogP contribution in [-0.4, -0.2) is 39.8 Å². The zero-order valence-corrected chi connectivity index (χ0v) is 6.56. The molecule has 1 atom stereocenters. The molecule has 1 amide bonds. The van der Waals surface area contributed by atoms with Gasteiger partial charge in [0.05, 0.1) is 6.42 Å². The lowest BCUT2D eigenvalue weighted by atomic mass is 10.1. The van der Waals surface area contributed by atoms with Crippen molar-refractivity contribution < 1.29 is 19.8 Å². The molecule has 1 aliphatic rings. The van der Waals surface area contributed by atoms with Gasteiger partial charge in [-0.15, -0.1) is 0 Å². The van der Waals surface area contributed by atoms with E-state index in [-0.39, 0.29) is 12.5 Å². The molecule has 5 heteroatoms. The lowest BCUT2D eigenvalue weighted by molar-refractivity contribution is -0.138. The molecule has 1 heterocycles.